The number of hydrogen-bond donors (Lipinski definition) is 1. The lowest BCUT2D eigenvalue weighted by molar-refractivity contribution is -0.134. The van der Waals surface area contributed by atoms with Crippen LogP contribution in [0.2, 0.25) is 0 Å². The number of sulfone groups is 1. The Bertz CT molecular complexity index is 724. The summed E-state index contributed by atoms with van der Waals surface area (Å²) in [7, 11) is -2.98. The predicted molar refractivity (Wildman–Crippen MR) is 103 cm³/mol. The molecule has 1 aliphatic carbocycles. The molecule has 0 radical (unpaired) electrons. The molecule has 0 bridgehead atoms. The lowest BCUT2D eigenvalue weighted by Crippen LogP contribution is -2.49. The van der Waals surface area contributed by atoms with Crippen LogP contribution in [0.15, 0.2) is 0 Å². The fraction of sp³-hybridized carbons (Fsp3) is 0.833. The Labute approximate surface area is 166 Å². The van der Waals surface area contributed by atoms with Crippen molar-refractivity contribution in [2.24, 2.45) is 0 Å². The largest absolute Gasteiger partial charge is 0.340 e. The molecule has 28 heavy (non-hydrogen) atoms. The van der Waals surface area contributed by atoms with Gasteiger partial charge in [-0.3, -0.25) is 19.4 Å². The van der Waals surface area contributed by atoms with E-state index in [1.165, 1.54) is 11.2 Å². The highest BCUT2D eigenvalue weighted by molar-refractivity contribution is 7.90. The van der Waals surface area contributed by atoms with Gasteiger partial charge in [0.05, 0.1) is 5.75 Å². The van der Waals surface area contributed by atoms with E-state index in [1.807, 2.05) is 0 Å². The minimum absolute atomic E-state index is 0.0189. The molecule has 158 valence electrons. The van der Waals surface area contributed by atoms with Crippen LogP contribution >= 0.6 is 0 Å². The Balaban J connectivity index is 1.38. The van der Waals surface area contributed by atoms with Gasteiger partial charge in [0, 0.05) is 51.9 Å². The smallest absolute Gasteiger partial charge is 0.325 e. The highest BCUT2D eigenvalue weighted by Crippen LogP contribution is 2.35. The molecular formula is C18H30N4O5S. The summed E-state index contributed by atoms with van der Waals surface area (Å²) in [6.07, 6.45) is 5.30. The average molecular weight is 415 g/mol. The number of carbonyl (C=O) groups excluding carboxylic acids is 3. The molecule has 2 heterocycles. The third kappa shape index (κ3) is 4.83. The monoisotopic (exact) mass is 414 g/mol. The fourth-order valence-electron chi connectivity index (χ4n) is 4.26. The third-order valence-corrected chi connectivity index (χ3v) is 6.90. The third-order valence-electron chi connectivity index (χ3n) is 5.98. The van der Waals surface area contributed by atoms with Crippen LogP contribution < -0.4 is 5.32 Å². The summed E-state index contributed by atoms with van der Waals surface area (Å²) in [6, 6.07) is -0.334. The zero-order chi connectivity index (χ0) is 20.4. The Morgan fingerprint density at radius 1 is 1.07 bits per heavy atom. The fourth-order valence-corrected chi connectivity index (χ4v) is 4.85. The molecule has 0 aromatic carbocycles. The van der Waals surface area contributed by atoms with Gasteiger partial charge in [-0.2, -0.15) is 0 Å². The number of carbonyl (C=O) groups is 3. The van der Waals surface area contributed by atoms with E-state index in [1.54, 1.807) is 4.90 Å². The van der Waals surface area contributed by atoms with Crippen molar-refractivity contribution in [3.8, 4) is 0 Å². The van der Waals surface area contributed by atoms with E-state index in [0.717, 1.165) is 12.8 Å². The molecule has 1 spiro atoms. The molecule has 1 saturated carbocycles. The molecule has 0 unspecified atom stereocenters. The number of imide groups is 1. The SMILES string of the molecule is CS(=O)(=O)CCN1CCN(C(=O)CCCN2C(=O)NC3(CCCC3)C2=O)CC1. The first-order chi connectivity index (χ1) is 13.2. The lowest BCUT2D eigenvalue weighted by atomic mass is 9.98. The molecule has 2 saturated heterocycles. The minimum atomic E-state index is -2.98. The summed E-state index contributed by atoms with van der Waals surface area (Å²) >= 11 is 0. The summed E-state index contributed by atoms with van der Waals surface area (Å²) < 4.78 is 22.5. The van der Waals surface area contributed by atoms with Crippen LogP contribution in [0.25, 0.3) is 0 Å². The number of nitrogens with one attached hydrogen (secondary N) is 1. The van der Waals surface area contributed by atoms with Crippen molar-refractivity contribution in [2.75, 3.05) is 51.3 Å². The first kappa shape index (κ1) is 21.0. The number of amides is 4. The Morgan fingerprint density at radius 2 is 1.71 bits per heavy atom. The normalized spacial score (nSPS) is 22.9. The Morgan fingerprint density at radius 3 is 2.32 bits per heavy atom. The van der Waals surface area contributed by atoms with E-state index < -0.39 is 15.4 Å². The second-order valence-electron chi connectivity index (χ2n) is 8.13. The standard InChI is InChI=1S/C18H30N4O5S/c1-28(26,27)14-13-20-9-11-21(12-10-20)15(23)5-4-8-22-16(24)18(19-17(22)25)6-2-3-7-18/h2-14H2,1H3,(H,19,25). The van der Waals surface area contributed by atoms with Crippen molar-refractivity contribution in [3.05, 3.63) is 0 Å². The van der Waals surface area contributed by atoms with Gasteiger partial charge >= 0.3 is 6.03 Å². The van der Waals surface area contributed by atoms with Gasteiger partial charge in [0.25, 0.3) is 5.91 Å². The van der Waals surface area contributed by atoms with Crippen LogP contribution in [0.4, 0.5) is 4.79 Å². The number of piperazine rings is 1. The molecule has 3 aliphatic rings. The van der Waals surface area contributed by atoms with Crippen molar-refractivity contribution in [2.45, 2.75) is 44.1 Å². The number of urea groups is 1. The van der Waals surface area contributed by atoms with E-state index in [9.17, 15) is 22.8 Å². The van der Waals surface area contributed by atoms with E-state index >= 15 is 0 Å². The molecule has 1 N–H and O–H groups in total. The number of nitrogens with zero attached hydrogens (tertiary/aromatic N) is 3. The lowest BCUT2D eigenvalue weighted by Gasteiger charge is -2.34. The highest BCUT2D eigenvalue weighted by atomic mass is 32.2. The van der Waals surface area contributed by atoms with Crippen LogP contribution in [0.3, 0.4) is 0 Å². The van der Waals surface area contributed by atoms with Crippen LogP contribution in [0.1, 0.15) is 38.5 Å². The van der Waals surface area contributed by atoms with E-state index in [2.05, 4.69) is 10.2 Å². The summed E-state index contributed by atoms with van der Waals surface area (Å²) in [6.45, 7) is 3.25. The summed E-state index contributed by atoms with van der Waals surface area (Å²) in [5.41, 5.74) is -0.691. The summed E-state index contributed by atoms with van der Waals surface area (Å²) in [4.78, 5) is 42.2. The molecule has 10 heteroatoms. The van der Waals surface area contributed by atoms with Crippen molar-refractivity contribution in [1.82, 2.24) is 20.0 Å². The first-order valence-corrected chi connectivity index (χ1v) is 12.1. The van der Waals surface area contributed by atoms with Crippen LogP contribution in [0, 0.1) is 0 Å². The van der Waals surface area contributed by atoms with E-state index in [0.29, 0.717) is 58.4 Å². The quantitative estimate of drug-likeness (QED) is 0.579. The zero-order valence-electron chi connectivity index (χ0n) is 16.5. The zero-order valence-corrected chi connectivity index (χ0v) is 17.3. The Kier molecular flexibility index (Phi) is 6.28. The first-order valence-electron chi connectivity index (χ1n) is 10.0. The molecule has 9 nitrogen and oxygen atoms in total. The molecule has 4 amide bonds. The van der Waals surface area contributed by atoms with Crippen LogP contribution in [-0.4, -0.2) is 97.8 Å². The topological polar surface area (TPSA) is 107 Å². The van der Waals surface area contributed by atoms with Crippen molar-refractivity contribution < 1.29 is 22.8 Å². The van der Waals surface area contributed by atoms with Crippen LogP contribution in [0.5, 0.6) is 0 Å². The number of hydrogen-bond acceptors (Lipinski definition) is 6. The second kappa shape index (κ2) is 8.36. The highest BCUT2D eigenvalue weighted by Gasteiger charge is 2.52. The van der Waals surface area contributed by atoms with Gasteiger partial charge < -0.3 is 10.2 Å². The minimum Gasteiger partial charge on any atom is -0.340 e. The van der Waals surface area contributed by atoms with Gasteiger partial charge in [-0.1, -0.05) is 12.8 Å². The van der Waals surface area contributed by atoms with E-state index in [4.69, 9.17) is 0 Å². The molecule has 2 aliphatic heterocycles. The molecule has 0 atom stereocenters. The van der Waals surface area contributed by atoms with Crippen molar-refractivity contribution in [1.29, 1.82) is 0 Å². The average Bonchev–Trinajstić information content (AvgIpc) is 3.20. The van der Waals surface area contributed by atoms with Gasteiger partial charge in [-0.25, -0.2) is 13.2 Å². The Hall–Kier alpha value is -1.68. The van der Waals surface area contributed by atoms with Gasteiger partial charge in [0.1, 0.15) is 15.4 Å². The maximum Gasteiger partial charge on any atom is 0.325 e. The maximum absolute atomic E-state index is 12.6. The van der Waals surface area contributed by atoms with Crippen LogP contribution in [-0.2, 0) is 19.4 Å². The molecule has 3 rings (SSSR count). The van der Waals surface area contributed by atoms with Crippen molar-refractivity contribution in [3.63, 3.8) is 0 Å². The number of rotatable bonds is 7. The maximum atomic E-state index is 12.6. The molecule has 0 aromatic rings. The van der Waals surface area contributed by atoms with E-state index in [-0.39, 0.29) is 30.1 Å². The molecular weight excluding hydrogens is 384 g/mol. The van der Waals surface area contributed by atoms with Gasteiger partial charge in [-0.15, -0.1) is 0 Å². The molecule has 3 fully saturated rings. The second-order valence-corrected chi connectivity index (χ2v) is 10.4. The molecule has 0 aromatic heterocycles. The van der Waals surface area contributed by atoms with Gasteiger partial charge in [0.15, 0.2) is 0 Å². The summed E-state index contributed by atoms with van der Waals surface area (Å²) in [5, 5.41) is 2.85. The predicted octanol–water partition coefficient (Wildman–Crippen LogP) is -0.180. The summed E-state index contributed by atoms with van der Waals surface area (Å²) in [5.74, 6) is 0.0151. The van der Waals surface area contributed by atoms with Crippen molar-refractivity contribution >= 4 is 27.7 Å². The van der Waals surface area contributed by atoms with Gasteiger partial charge in [0.2, 0.25) is 5.91 Å². The van der Waals surface area contributed by atoms with Gasteiger partial charge in [-0.05, 0) is 19.3 Å².